The lowest BCUT2D eigenvalue weighted by molar-refractivity contribution is -0.140. The Morgan fingerprint density at radius 1 is 1.09 bits per heavy atom. The van der Waals surface area contributed by atoms with E-state index >= 15 is 0 Å². The van der Waals surface area contributed by atoms with Crippen molar-refractivity contribution in [3.05, 3.63) is 59.9 Å². The van der Waals surface area contributed by atoms with E-state index in [1.54, 1.807) is 38.2 Å². The second kappa shape index (κ2) is 9.60. The number of nitrogens with one attached hydrogen (secondary N) is 1. The average molecular weight is 448 g/mol. The third-order valence-electron chi connectivity index (χ3n) is 5.18. The monoisotopic (exact) mass is 448 g/mol. The van der Waals surface area contributed by atoms with Crippen LogP contribution in [0.3, 0.4) is 0 Å². The van der Waals surface area contributed by atoms with Crippen LogP contribution in [-0.2, 0) is 9.53 Å². The number of aromatic nitrogens is 1. The standard InChI is InChI=1S/C25H24N2O6/c1-15-24(25(29)26-2)18-11-10-16(13-20(18)32-15)33-21-14-22(31-12-6-9-23(28)30-3)27-19-8-5-4-7-17(19)21/h4-5,7-8,10-11,13-14H,6,9,12H2,1-3H3,(H,26,29). The van der Waals surface area contributed by atoms with E-state index in [4.69, 9.17) is 13.9 Å². The lowest BCUT2D eigenvalue weighted by Crippen LogP contribution is -2.18. The molecule has 33 heavy (non-hydrogen) atoms. The quantitative estimate of drug-likeness (QED) is 0.306. The molecule has 4 rings (SSSR count). The summed E-state index contributed by atoms with van der Waals surface area (Å²) < 4.78 is 22.4. The van der Waals surface area contributed by atoms with Gasteiger partial charge in [0.05, 0.1) is 24.8 Å². The van der Waals surface area contributed by atoms with Crippen molar-refractivity contribution in [1.29, 1.82) is 0 Å². The molecule has 2 heterocycles. The van der Waals surface area contributed by atoms with Crippen LogP contribution < -0.4 is 14.8 Å². The van der Waals surface area contributed by atoms with Crippen molar-refractivity contribution in [3.63, 3.8) is 0 Å². The third kappa shape index (κ3) is 4.74. The van der Waals surface area contributed by atoms with Crippen molar-refractivity contribution in [3.8, 4) is 17.4 Å². The first-order valence-corrected chi connectivity index (χ1v) is 10.5. The van der Waals surface area contributed by atoms with Crippen LogP contribution in [0.4, 0.5) is 0 Å². The van der Waals surface area contributed by atoms with E-state index in [2.05, 4.69) is 15.0 Å². The maximum Gasteiger partial charge on any atom is 0.305 e. The summed E-state index contributed by atoms with van der Waals surface area (Å²) in [6, 6.07) is 14.6. The Kier molecular flexibility index (Phi) is 6.44. The SMILES string of the molecule is CNC(=O)c1c(C)oc2cc(Oc3cc(OCCCC(=O)OC)nc4ccccc34)ccc12. The number of methoxy groups -OCH3 is 1. The van der Waals surface area contributed by atoms with Crippen LogP contribution >= 0.6 is 0 Å². The summed E-state index contributed by atoms with van der Waals surface area (Å²) in [4.78, 5) is 28.0. The summed E-state index contributed by atoms with van der Waals surface area (Å²) in [7, 11) is 2.94. The van der Waals surface area contributed by atoms with Gasteiger partial charge in [0.2, 0.25) is 5.88 Å². The van der Waals surface area contributed by atoms with Gasteiger partial charge < -0.3 is 23.9 Å². The molecule has 0 atom stereocenters. The van der Waals surface area contributed by atoms with Crippen LogP contribution in [0.2, 0.25) is 0 Å². The Morgan fingerprint density at radius 2 is 1.91 bits per heavy atom. The van der Waals surface area contributed by atoms with Crippen LogP contribution in [-0.4, -0.2) is 37.6 Å². The van der Waals surface area contributed by atoms with Crippen molar-refractivity contribution in [1.82, 2.24) is 10.3 Å². The van der Waals surface area contributed by atoms with Gasteiger partial charge >= 0.3 is 5.97 Å². The first-order valence-electron chi connectivity index (χ1n) is 10.5. The Morgan fingerprint density at radius 3 is 2.70 bits per heavy atom. The Labute approximate surface area is 190 Å². The molecule has 4 aromatic rings. The number of nitrogens with zero attached hydrogens (tertiary/aromatic N) is 1. The molecule has 0 aliphatic heterocycles. The maximum absolute atomic E-state index is 12.2. The minimum absolute atomic E-state index is 0.200. The topological polar surface area (TPSA) is 99.9 Å². The van der Waals surface area contributed by atoms with E-state index < -0.39 is 0 Å². The van der Waals surface area contributed by atoms with Gasteiger partial charge in [0.1, 0.15) is 22.8 Å². The number of para-hydroxylation sites is 1. The molecule has 0 fully saturated rings. The minimum Gasteiger partial charge on any atom is -0.478 e. The maximum atomic E-state index is 12.2. The molecule has 1 amide bonds. The number of aryl methyl sites for hydroxylation is 1. The second-order valence-electron chi connectivity index (χ2n) is 7.38. The van der Waals surface area contributed by atoms with E-state index in [-0.39, 0.29) is 18.3 Å². The smallest absolute Gasteiger partial charge is 0.305 e. The fourth-order valence-electron chi connectivity index (χ4n) is 3.57. The van der Waals surface area contributed by atoms with Crippen molar-refractivity contribution in [2.24, 2.45) is 0 Å². The van der Waals surface area contributed by atoms with Gasteiger partial charge in [-0.3, -0.25) is 9.59 Å². The lowest BCUT2D eigenvalue weighted by atomic mass is 10.1. The van der Waals surface area contributed by atoms with Crippen LogP contribution in [0.25, 0.3) is 21.9 Å². The first-order chi connectivity index (χ1) is 16.0. The molecule has 0 radical (unpaired) electrons. The molecule has 2 aromatic heterocycles. The van der Waals surface area contributed by atoms with E-state index in [0.29, 0.717) is 52.7 Å². The van der Waals surface area contributed by atoms with Crippen LogP contribution in [0.1, 0.15) is 29.0 Å². The van der Waals surface area contributed by atoms with Gasteiger partial charge in [0.25, 0.3) is 5.91 Å². The van der Waals surface area contributed by atoms with Gasteiger partial charge in [-0.05, 0) is 37.6 Å². The molecule has 170 valence electrons. The number of ether oxygens (including phenoxy) is 3. The molecule has 8 heteroatoms. The van der Waals surface area contributed by atoms with Gasteiger partial charge in [0.15, 0.2) is 0 Å². The fourth-order valence-corrected chi connectivity index (χ4v) is 3.57. The number of carbonyl (C=O) groups excluding carboxylic acids is 2. The predicted molar refractivity (Wildman–Crippen MR) is 123 cm³/mol. The van der Waals surface area contributed by atoms with Gasteiger partial charge in [-0.1, -0.05) is 12.1 Å². The molecule has 0 aliphatic rings. The largest absolute Gasteiger partial charge is 0.478 e. The molecule has 2 aromatic carbocycles. The molecule has 8 nitrogen and oxygen atoms in total. The summed E-state index contributed by atoms with van der Waals surface area (Å²) in [5.74, 6) is 1.57. The zero-order valence-electron chi connectivity index (χ0n) is 18.6. The molecule has 0 spiro atoms. The van der Waals surface area contributed by atoms with Crippen molar-refractivity contribution in [2.75, 3.05) is 20.8 Å². The van der Waals surface area contributed by atoms with Crippen LogP contribution in [0, 0.1) is 6.92 Å². The fraction of sp³-hybridized carbons (Fsp3) is 0.240. The summed E-state index contributed by atoms with van der Waals surface area (Å²) in [5.41, 5.74) is 1.78. The number of fused-ring (bicyclic) bond motifs is 2. The zero-order chi connectivity index (χ0) is 23.4. The number of pyridine rings is 1. The number of carbonyl (C=O) groups is 2. The van der Waals surface area contributed by atoms with Gasteiger partial charge in [0, 0.05) is 36.4 Å². The van der Waals surface area contributed by atoms with E-state index in [1.807, 2.05) is 24.3 Å². The number of esters is 1. The van der Waals surface area contributed by atoms with E-state index in [0.717, 1.165) is 10.9 Å². The molecule has 0 saturated heterocycles. The number of rotatable bonds is 8. The van der Waals surface area contributed by atoms with Crippen molar-refractivity contribution < 1.29 is 28.2 Å². The summed E-state index contributed by atoms with van der Waals surface area (Å²) in [5, 5.41) is 4.17. The highest BCUT2D eigenvalue weighted by molar-refractivity contribution is 6.07. The second-order valence-corrected chi connectivity index (χ2v) is 7.38. The van der Waals surface area contributed by atoms with Crippen LogP contribution in [0.5, 0.6) is 17.4 Å². The molecule has 0 bridgehead atoms. The average Bonchev–Trinajstić information content (AvgIpc) is 3.16. The Balaban J connectivity index is 1.61. The van der Waals surface area contributed by atoms with Crippen LogP contribution in [0.15, 0.2) is 52.9 Å². The summed E-state index contributed by atoms with van der Waals surface area (Å²) >= 11 is 0. The van der Waals surface area contributed by atoms with Crippen molar-refractivity contribution >= 4 is 33.7 Å². The summed E-state index contributed by atoms with van der Waals surface area (Å²) in [6.07, 6.45) is 0.785. The van der Waals surface area contributed by atoms with Gasteiger partial charge in [-0.2, -0.15) is 0 Å². The third-order valence-corrected chi connectivity index (χ3v) is 5.18. The Hall–Kier alpha value is -4.07. The molecular weight excluding hydrogens is 424 g/mol. The zero-order valence-corrected chi connectivity index (χ0v) is 18.6. The Bertz CT molecular complexity index is 1330. The molecular formula is C25H24N2O6. The van der Waals surface area contributed by atoms with E-state index in [9.17, 15) is 9.59 Å². The highest BCUT2D eigenvalue weighted by Gasteiger charge is 2.18. The summed E-state index contributed by atoms with van der Waals surface area (Å²) in [6.45, 7) is 2.07. The minimum atomic E-state index is -0.280. The lowest BCUT2D eigenvalue weighted by Gasteiger charge is -2.12. The number of furan rings is 1. The molecule has 0 saturated carbocycles. The number of hydrogen-bond acceptors (Lipinski definition) is 7. The highest BCUT2D eigenvalue weighted by Crippen LogP contribution is 2.35. The number of benzene rings is 2. The van der Waals surface area contributed by atoms with Gasteiger partial charge in [-0.25, -0.2) is 4.98 Å². The highest BCUT2D eigenvalue weighted by atomic mass is 16.5. The normalized spacial score (nSPS) is 10.9. The molecule has 0 aliphatic carbocycles. The van der Waals surface area contributed by atoms with E-state index in [1.165, 1.54) is 7.11 Å². The molecule has 1 N–H and O–H groups in total. The predicted octanol–water partition coefficient (Wildman–Crippen LogP) is 4.77. The first kappa shape index (κ1) is 22.1. The van der Waals surface area contributed by atoms with Crippen molar-refractivity contribution in [2.45, 2.75) is 19.8 Å². The van der Waals surface area contributed by atoms with Gasteiger partial charge in [-0.15, -0.1) is 0 Å². The number of amides is 1. The number of hydrogen-bond donors (Lipinski definition) is 1. The molecule has 0 unspecified atom stereocenters.